The molecule has 0 atom stereocenters. The summed E-state index contributed by atoms with van der Waals surface area (Å²) in [4.78, 5) is 12.4. The molecule has 6 heteroatoms. The quantitative estimate of drug-likeness (QED) is 0.639. The van der Waals surface area contributed by atoms with Gasteiger partial charge < -0.3 is 10.1 Å². The van der Waals surface area contributed by atoms with Crippen LogP contribution in [0.15, 0.2) is 78.9 Å². The predicted octanol–water partition coefficient (Wildman–Crippen LogP) is 5.55. The van der Waals surface area contributed by atoms with Crippen LogP contribution in [0.5, 0.6) is 5.75 Å². The van der Waals surface area contributed by atoms with Gasteiger partial charge in [0.25, 0.3) is 5.91 Å². The second-order valence-electron chi connectivity index (χ2n) is 5.80. The Morgan fingerprint density at radius 1 is 0.889 bits per heavy atom. The molecule has 0 unspecified atom stereocenters. The second-order valence-corrected chi connectivity index (χ2v) is 5.80. The van der Waals surface area contributed by atoms with Gasteiger partial charge in [-0.1, -0.05) is 48.5 Å². The van der Waals surface area contributed by atoms with Crippen molar-refractivity contribution in [3.63, 3.8) is 0 Å². The zero-order valence-electron chi connectivity index (χ0n) is 14.2. The molecule has 0 aromatic heterocycles. The third-order valence-corrected chi connectivity index (χ3v) is 3.76. The lowest BCUT2D eigenvalue weighted by Crippen LogP contribution is -2.19. The lowest BCUT2D eigenvalue weighted by molar-refractivity contribution is -0.153. The third-order valence-electron chi connectivity index (χ3n) is 3.76. The molecule has 0 fully saturated rings. The summed E-state index contributed by atoms with van der Waals surface area (Å²) in [6.07, 6.45) is -4.42. The molecule has 0 aliphatic rings. The van der Waals surface area contributed by atoms with E-state index in [1.165, 1.54) is 18.2 Å². The molecule has 3 nitrogen and oxygen atoms in total. The number of carbonyl (C=O) groups excluding carboxylic acids is 1. The number of rotatable bonds is 5. The van der Waals surface area contributed by atoms with Gasteiger partial charge in [0.2, 0.25) is 0 Å². The normalized spacial score (nSPS) is 11.1. The highest BCUT2D eigenvalue weighted by molar-refractivity contribution is 6.06. The van der Waals surface area contributed by atoms with Crippen LogP contribution in [0, 0.1) is 0 Å². The predicted molar refractivity (Wildman–Crippen MR) is 97.8 cm³/mol. The number of nitrogens with one attached hydrogen (secondary N) is 1. The molecule has 3 rings (SSSR count). The van der Waals surface area contributed by atoms with Gasteiger partial charge in [-0.05, 0) is 35.9 Å². The fourth-order valence-corrected chi connectivity index (χ4v) is 2.53. The number of alkyl halides is 3. The van der Waals surface area contributed by atoms with E-state index in [-0.39, 0.29) is 11.7 Å². The van der Waals surface area contributed by atoms with Gasteiger partial charge in [-0.15, -0.1) is 0 Å². The maximum Gasteiger partial charge on any atom is 0.422 e. The molecule has 27 heavy (non-hydrogen) atoms. The lowest BCUT2D eigenvalue weighted by Gasteiger charge is -2.15. The van der Waals surface area contributed by atoms with E-state index in [4.69, 9.17) is 4.74 Å². The highest BCUT2D eigenvalue weighted by Gasteiger charge is 2.28. The van der Waals surface area contributed by atoms with Crippen molar-refractivity contribution in [3.05, 3.63) is 84.4 Å². The molecular weight excluding hydrogens is 355 g/mol. The number of amides is 1. The van der Waals surface area contributed by atoms with E-state index in [1.807, 2.05) is 6.07 Å². The van der Waals surface area contributed by atoms with Crippen molar-refractivity contribution in [2.45, 2.75) is 6.18 Å². The lowest BCUT2D eigenvalue weighted by atomic mass is 10.0. The zero-order chi connectivity index (χ0) is 19.3. The zero-order valence-corrected chi connectivity index (χ0v) is 14.2. The monoisotopic (exact) mass is 371 g/mol. The first kappa shape index (κ1) is 18.5. The Kier molecular flexibility index (Phi) is 5.45. The molecule has 0 spiro atoms. The second kappa shape index (κ2) is 7.95. The maximum atomic E-state index is 12.4. The Balaban J connectivity index is 1.91. The molecule has 0 bridgehead atoms. The van der Waals surface area contributed by atoms with Crippen molar-refractivity contribution in [3.8, 4) is 16.9 Å². The van der Waals surface area contributed by atoms with Crippen LogP contribution in [0.1, 0.15) is 10.4 Å². The minimum absolute atomic E-state index is 0.0730. The van der Waals surface area contributed by atoms with Crippen LogP contribution < -0.4 is 10.1 Å². The molecule has 138 valence electrons. The van der Waals surface area contributed by atoms with E-state index in [0.29, 0.717) is 16.8 Å². The summed E-state index contributed by atoms with van der Waals surface area (Å²) in [5.41, 5.74) is 2.28. The third kappa shape index (κ3) is 5.10. The molecule has 0 saturated heterocycles. The average molecular weight is 371 g/mol. The summed E-state index contributed by atoms with van der Waals surface area (Å²) in [6.45, 7) is -1.38. The Morgan fingerprint density at radius 2 is 1.52 bits per heavy atom. The smallest absolute Gasteiger partial charge is 0.422 e. The van der Waals surface area contributed by atoms with Crippen molar-refractivity contribution in [1.82, 2.24) is 0 Å². The highest BCUT2D eigenvalue weighted by atomic mass is 19.4. The number of hydrogen-bond acceptors (Lipinski definition) is 2. The van der Waals surface area contributed by atoms with Crippen LogP contribution in [0.25, 0.3) is 11.1 Å². The Labute approximate surface area is 154 Å². The number of ether oxygens (including phenoxy) is 1. The first-order valence-electron chi connectivity index (χ1n) is 8.18. The van der Waals surface area contributed by atoms with Crippen LogP contribution in [0.4, 0.5) is 18.9 Å². The molecule has 0 aliphatic carbocycles. The van der Waals surface area contributed by atoms with E-state index in [9.17, 15) is 18.0 Å². The fourth-order valence-electron chi connectivity index (χ4n) is 2.53. The van der Waals surface area contributed by atoms with Gasteiger partial charge >= 0.3 is 6.18 Å². The number of halogens is 3. The van der Waals surface area contributed by atoms with Gasteiger partial charge in [-0.3, -0.25) is 4.79 Å². The Hall–Kier alpha value is -3.28. The van der Waals surface area contributed by atoms with Gasteiger partial charge in [0.1, 0.15) is 5.75 Å². The molecule has 1 amide bonds. The molecule has 0 heterocycles. The number of anilines is 1. The molecule has 0 saturated carbocycles. The summed E-state index contributed by atoms with van der Waals surface area (Å²) in [5.74, 6) is -0.236. The molecule has 3 aromatic rings. The summed E-state index contributed by atoms with van der Waals surface area (Å²) >= 11 is 0. The van der Waals surface area contributed by atoms with Crippen LogP contribution in [0.2, 0.25) is 0 Å². The molecule has 0 radical (unpaired) electrons. The Morgan fingerprint density at radius 3 is 2.15 bits per heavy atom. The standard InChI is InChI=1S/C21H16F3NO2/c22-21(23,24)14-27-17-11-12-19(18(13-17)15-7-3-1-4-8-15)25-20(26)16-9-5-2-6-10-16/h1-13H,14H2,(H,25,26). The van der Waals surface area contributed by atoms with Crippen molar-refractivity contribution < 1.29 is 22.7 Å². The van der Waals surface area contributed by atoms with Crippen molar-refractivity contribution in [2.24, 2.45) is 0 Å². The first-order chi connectivity index (χ1) is 12.9. The fraction of sp³-hybridized carbons (Fsp3) is 0.0952. The van der Waals surface area contributed by atoms with Crippen LogP contribution in [0.3, 0.4) is 0 Å². The maximum absolute atomic E-state index is 12.4. The molecule has 0 aliphatic heterocycles. The topological polar surface area (TPSA) is 38.3 Å². The van der Waals surface area contributed by atoms with Crippen LogP contribution in [-0.4, -0.2) is 18.7 Å². The van der Waals surface area contributed by atoms with Gasteiger partial charge in [-0.25, -0.2) is 0 Å². The van der Waals surface area contributed by atoms with Crippen LogP contribution >= 0.6 is 0 Å². The minimum Gasteiger partial charge on any atom is -0.484 e. The largest absolute Gasteiger partial charge is 0.484 e. The van der Waals surface area contributed by atoms with Gasteiger partial charge in [0.15, 0.2) is 6.61 Å². The van der Waals surface area contributed by atoms with Crippen molar-refractivity contribution >= 4 is 11.6 Å². The van der Waals surface area contributed by atoms with Crippen molar-refractivity contribution in [2.75, 3.05) is 11.9 Å². The number of carbonyl (C=O) groups is 1. The molecule has 3 aromatic carbocycles. The molecular formula is C21H16F3NO2. The van der Waals surface area contributed by atoms with Gasteiger partial charge in [0.05, 0.1) is 0 Å². The van der Waals surface area contributed by atoms with Gasteiger partial charge in [-0.2, -0.15) is 13.2 Å². The van der Waals surface area contributed by atoms with E-state index >= 15 is 0 Å². The van der Waals surface area contributed by atoms with Gasteiger partial charge in [0, 0.05) is 16.8 Å². The summed E-state index contributed by atoms with van der Waals surface area (Å²) < 4.78 is 42.1. The van der Waals surface area contributed by atoms with E-state index in [0.717, 1.165) is 5.56 Å². The first-order valence-corrected chi connectivity index (χ1v) is 8.18. The summed E-state index contributed by atoms with van der Waals surface area (Å²) in [5, 5.41) is 2.81. The Bertz CT molecular complexity index is 910. The molecule has 1 N–H and O–H groups in total. The van der Waals surface area contributed by atoms with E-state index < -0.39 is 12.8 Å². The summed E-state index contributed by atoms with van der Waals surface area (Å²) in [7, 11) is 0. The highest BCUT2D eigenvalue weighted by Crippen LogP contribution is 2.32. The van der Waals surface area contributed by atoms with E-state index in [2.05, 4.69) is 5.32 Å². The van der Waals surface area contributed by atoms with Crippen molar-refractivity contribution in [1.29, 1.82) is 0 Å². The van der Waals surface area contributed by atoms with Crippen LogP contribution in [-0.2, 0) is 0 Å². The number of benzene rings is 3. The number of hydrogen-bond donors (Lipinski definition) is 1. The SMILES string of the molecule is O=C(Nc1ccc(OCC(F)(F)F)cc1-c1ccccc1)c1ccccc1. The van der Waals surface area contributed by atoms with E-state index in [1.54, 1.807) is 54.6 Å². The summed E-state index contributed by atoms with van der Waals surface area (Å²) in [6, 6.07) is 22.1. The average Bonchev–Trinajstić information content (AvgIpc) is 2.68. The minimum atomic E-state index is -4.42.